The lowest BCUT2D eigenvalue weighted by Gasteiger charge is -2.32. The van der Waals surface area contributed by atoms with E-state index in [1.54, 1.807) is 0 Å². The van der Waals surface area contributed by atoms with Crippen molar-refractivity contribution in [3.63, 3.8) is 0 Å². The van der Waals surface area contributed by atoms with Gasteiger partial charge in [-0.05, 0) is 63.0 Å². The number of likely N-dealkylation sites (tertiary alicyclic amines) is 1. The van der Waals surface area contributed by atoms with E-state index in [0.717, 1.165) is 24.0 Å². The first-order valence-corrected chi connectivity index (χ1v) is 8.28. The van der Waals surface area contributed by atoms with E-state index in [2.05, 4.69) is 50.4 Å². The van der Waals surface area contributed by atoms with Crippen LogP contribution in [0.15, 0.2) is 28.7 Å². The van der Waals surface area contributed by atoms with Gasteiger partial charge in [0.15, 0.2) is 0 Å². The average Bonchev–Trinajstić information content (AvgIpc) is 2.48. The quantitative estimate of drug-likeness (QED) is 0.835. The van der Waals surface area contributed by atoms with Gasteiger partial charge in [-0.1, -0.05) is 28.1 Å². The van der Waals surface area contributed by atoms with Crippen LogP contribution in [0.4, 0.5) is 0 Å². The van der Waals surface area contributed by atoms with E-state index in [1.807, 2.05) is 7.05 Å². The van der Waals surface area contributed by atoms with Crippen molar-refractivity contribution in [2.24, 2.45) is 5.92 Å². The Kier molecular flexibility index (Phi) is 6.49. The summed E-state index contributed by atoms with van der Waals surface area (Å²) in [7, 11) is 2.03. The van der Waals surface area contributed by atoms with Crippen molar-refractivity contribution in [1.82, 2.24) is 10.2 Å². The maximum atomic E-state index is 9.30. The fourth-order valence-corrected chi connectivity index (χ4v) is 3.43. The summed E-state index contributed by atoms with van der Waals surface area (Å²) in [5, 5.41) is 12.7. The summed E-state index contributed by atoms with van der Waals surface area (Å²) < 4.78 is 1.13. The summed E-state index contributed by atoms with van der Waals surface area (Å²) in [5.74, 6) is 0.475. The third-order valence-corrected chi connectivity index (χ3v) is 4.69. The molecule has 1 aliphatic heterocycles. The van der Waals surface area contributed by atoms with Crippen LogP contribution in [0.3, 0.4) is 0 Å². The van der Waals surface area contributed by atoms with E-state index in [1.165, 1.54) is 24.9 Å². The molecular weight excluding hydrogens is 316 g/mol. The van der Waals surface area contributed by atoms with Gasteiger partial charge in [0.2, 0.25) is 0 Å². The van der Waals surface area contributed by atoms with Gasteiger partial charge in [-0.15, -0.1) is 0 Å². The summed E-state index contributed by atoms with van der Waals surface area (Å²) in [5.41, 5.74) is 1.33. The molecule has 2 rings (SSSR count). The van der Waals surface area contributed by atoms with Crippen LogP contribution in [-0.2, 0) is 0 Å². The molecule has 0 radical (unpaired) electrons. The van der Waals surface area contributed by atoms with Crippen LogP contribution in [0.1, 0.15) is 30.9 Å². The molecule has 0 bridgehead atoms. The SMILES string of the molecule is CNC(CCN1CCCC(CO)C1)c1cccc(Br)c1. The molecule has 0 amide bonds. The minimum absolute atomic E-state index is 0.331. The molecule has 1 aromatic carbocycles. The Labute approximate surface area is 130 Å². The van der Waals surface area contributed by atoms with Crippen molar-refractivity contribution in [2.45, 2.75) is 25.3 Å². The molecule has 1 saturated heterocycles. The number of aliphatic hydroxyl groups is 1. The van der Waals surface area contributed by atoms with E-state index in [9.17, 15) is 5.11 Å². The summed E-state index contributed by atoms with van der Waals surface area (Å²) in [4.78, 5) is 2.49. The number of hydrogen-bond acceptors (Lipinski definition) is 3. The number of piperidine rings is 1. The van der Waals surface area contributed by atoms with Gasteiger partial charge in [0, 0.05) is 23.7 Å². The van der Waals surface area contributed by atoms with Crippen LogP contribution in [-0.4, -0.2) is 43.3 Å². The lowest BCUT2D eigenvalue weighted by molar-refractivity contribution is 0.117. The zero-order chi connectivity index (χ0) is 14.4. The Balaban J connectivity index is 1.87. The molecule has 0 saturated carbocycles. The van der Waals surface area contributed by atoms with Gasteiger partial charge in [0.1, 0.15) is 0 Å². The lowest BCUT2D eigenvalue weighted by atomic mass is 9.98. The van der Waals surface area contributed by atoms with E-state index < -0.39 is 0 Å². The molecule has 112 valence electrons. The Morgan fingerprint density at radius 2 is 2.35 bits per heavy atom. The standard InChI is InChI=1S/C16H25BrN2O/c1-18-16(14-5-2-6-15(17)10-14)7-9-19-8-3-4-13(11-19)12-20/h2,5-6,10,13,16,18,20H,3-4,7-9,11-12H2,1H3. The van der Waals surface area contributed by atoms with Gasteiger partial charge >= 0.3 is 0 Å². The first kappa shape index (κ1) is 16.0. The van der Waals surface area contributed by atoms with Gasteiger partial charge in [-0.2, -0.15) is 0 Å². The number of aliphatic hydroxyl groups excluding tert-OH is 1. The molecule has 3 nitrogen and oxygen atoms in total. The number of benzene rings is 1. The second-order valence-electron chi connectivity index (χ2n) is 5.68. The highest BCUT2D eigenvalue weighted by Gasteiger charge is 2.20. The Morgan fingerprint density at radius 1 is 1.50 bits per heavy atom. The third kappa shape index (κ3) is 4.55. The number of rotatable bonds is 6. The zero-order valence-electron chi connectivity index (χ0n) is 12.2. The second-order valence-corrected chi connectivity index (χ2v) is 6.59. The molecule has 0 aromatic heterocycles. The highest BCUT2D eigenvalue weighted by Crippen LogP contribution is 2.22. The third-order valence-electron chi connectivity index (χ3n) is 4.19. The lowest BCUT2D eigenvalue weighted by Crippen LogP contribution is -2.38. The summed E-state index contributed by atoms with van der Waals surface area (Å²) in [6.07, 6.45) is 3.49. The number of hydrogen-bond donors (Lipinski definition) is 2. The second kappa shape index (κ2) is 8.13. The van der Waals surface area contributed by atoms with Gasteiger partial charge in [-0.25, -0.2) is 0 Å². The van der Waals surface area contributed by atoms with Crippen molar-refractivity contribution in [1.29, 1.82) is 0 Å². The topological polar surface area (TPSA) is 35.5 Å². The highest BCUT2D eigenvalue weighted by atomic mass is 79.9. The van der Waals surface area contributed by atoms with Crippen LogP contribution in [0.5, 0.6) is 0 Å². The van der Waals surface area contributed by atoms with Crippen LogP contribution in [0, 0.1) is 5.92 Å². The van der Waals surface area contributed by atoms with Gasteiger partial charge in [0.05, 0.1) is 0 Å². The Hall–Kier alpha value is -0.420. The van der Waals surface area contributed by atoms with Gasteiger partial charge < -0.3 is 15.3 Å². The molecule has 1 fully saturated rings. The van der Waals surface area contributed by atoms with Crippen molar-refractivity contribution in [3.8, 4) is 0 Å². The van der Waals surface area contributed by atoms with Crippen molar-refractivity contribution in [2.75, 3.05) is 33.3 Å². The molecule has 4 heteroatoms. The average molecular weight is 341 g/mol. The van der Waals surface area contributed by atoms with Gasteiger partial charge in [-0.3, -0.25) is 0 Å². The maximum Gasteiger partial charge on any atom is 0.0471 e. The van der Waals surface area contributed by atoms with E-state index in [-0.39, 0.29) is 0 Å². The summed E-state index contributed by atoms with van der Waals surface area (Å²) in [6.45, 7) is 3.64. The summed E-state index contributed by atoms with van der Waals surface area (Å²) >= 11 is 3.54. The molecule has 2 unspecified atom stereocenters. The highest BCUT2D eigenvalue weighted by molar-refractivity contribution is 9.10. The molecule has 1 aromatic rings. The van der Waals surface area contributed by atoms with E-state index in [4.69, 9.17) is 0 Å². The minimum atomic E-state index is 0.331. The van der Waals surface area contributed by atoms with Crippen LogP contribution in [0.25, 0.3) is 0 Å². The molecule has 20 heavy (non-hydrogen) atoms. The van der Waals surface area contributed by atoms with E-state index >= 15 is 0 Å². The number of halogens is 1. The zero-order valence-corrected chi connectivity index (χ0v) is 13.8. The van der Waals surface area contributed by atoms with Crippen LogP contribution in [0.2, 0.25) is 0 Å². The fraction of sp³-hybridized carbons (Fsp3) is 0.625. The largest absolute Gasteiger partial charge is 0.396 e. The first-order chi connectivity index (χ1) is 9.72. The van der Waals surface area contributed by atoms with Crippen LogP contribution >= 0.6 is 15.9 Å². The molecule has 2 N–H and O–H groups in total. The van der Waals surface area contributed by atoms with Gasteiger partial charge in [0.25, 0.3) is 0 Å². The fourth-order valence-electron chi connectivity index (χ4n) is 3.02. The van der Waals surface area contributed by atoms with E-state index in [0.29, 0.717) is 18.6 Å². The normalized spacial score (nSPS) is 21.9. The smallest absolute Gasteiger partial charge is 0.0471 e. The predicted molar refractivity (Wildman–Crippen MR) is 86.8 cm³/mol. The minimum Gasteiger partial charge on any atom is -0.396 e. The number of nitrogens with zero attached hydrogens (tertiary/aromatic N) is 1. The van der Waals surface area contributed by atoms with Crippen molar-refractivity contribution in [3.05, 3.63) is 34.3 Å². The predicted octanol–water partition coefficient (Wildman–Crippen LogP) is 2.80. The van der Waals surface area contributed by atoms with Crippen molar-refractivity contribution >= 4 is 15.9 Å². The molecule has 1 aliphatic rings. The summed E-state index contributed by atoms with van der Waals surface area (Å²) in [6, 6.07) is 8.91. The molecule has 0 spiro atoms. The molecule has 2 atom stereocenters. The molecule has 0 aliphatic carbocycles. The Morgan fingerprint density at radius 3 is 3.05 bits per heavy atom. The first-order valence-electron chi connectivity index (χ1n) is 7.49. The Bertz CT molecular complexity index is 413. The maximum absolute atomic E-state index is 9.30. The number of nitrogens with one attached hydrogen (secondary N) is 1. The van der Waals surface area contributed by atoms with Crippen molar-refractivity contribution < 1.29 is 5.11 Å². The molecular formula is C16H25BrN2O. The monoisotopic (exact) mass is 340 g/mol. The van der Waals surface area contributed by atoms with Crippen LogP contribution < -0.4 is 5.32 Å². The molecule has 1 heterocycles.